The largest absolute Gasteiger partial charge is 0.481 e. The lowest BCUT2D eigenvalue weighted by Gasteiger charge is -2.28. The molecular formula is C14H23NO4. The summed E-state index contributed by atoms with van der Waals surface area (Å²) in [4.78, 5) is 23.5. The summed E-state index contributed by atoms with van der Waals surface area (Å²) in [7, 11) is 0. The van der Waals surface area contributed by atoms with Crippen LogP contribution in [0.5, 0.6) is 0 Å². The summed E-state index contributed by atoms with van der Waals surface area (Å²) in [6, 6.07) is -0.217. The zero-order valence-electron chi connectivity index (χ0n) is 11.3. The number of carboxylic acid groups (broad SMARTS) is 1. The van der Waals surface area contributed by atoms with Gasteiger partial charge in [-0.05, 0) is 19.3 Å². The average Bonchev–Trinajstić information content (AvgIpc) is 2.85. The molecule has 1 heterocycles. The number of carbonyl (C=O) groups is 2. The normalized spacial score (nSPS) is 32.3. The van der Waals surface area contributed by atoms with E-state index in [9.17, 15) is 14.7 Å². The number of ether oxygens (including phenoxy) is 1. The molecule has 0 aromatic heterocycles. The molecule has 2 N–H and O–H groups in total. The minimum absolute atomic E-state index is 0.0330. The third-order valence-electron chi connectivity index (χ3n) is 4.21. The van der Waals surface area contributed by atoms with E-state index in [-0.39, 0.29) is 17.9 Å². The van der Waals surface area contributed by atoms with Crippen molar-refractivity contribution in [2.24, 2.45) is 11.8 Å². The highest BCUT2D eigenvalue weighted by Crippen LogP contribution is 2.24. The van der Waals surface area contributed by atoms with Gasteiger partial charge >= 0.3 is 5.97 Å². The second-order valence-corrected chi connectivity index (χ2v) is 5.61. The van der Waals surface area contributed by atoms with Crippen LogP contribution >= 0.6 is 0 Å². The van der Waals surface area contributed by atoms with Crippen molar-refractivity contribution in [2.45, 2.75) is 51.0 Å². The Kier molecular flexibility index (Phi) is 5.19. The Morgan fingerprint density at radius 3 is 2.42 bits per heavy atom. The van der Waals surface area contributed by atoms with Crippen molar-refractivity contribution in [1.82, 2.24) is 5.32 Å². The van der Waals surface area contributed by atoms with Gasteiger partial charge in [0, 0.05) is 12.6 Å². The standard InChI is InChI=1S/C14H23NO4/c16-13(10-7-8-19-9-10)15-12-6-4-2-1-3-5-11(12)14(17)18/h10-12H,1-9H2,(H,15,16)(H,17,18). The first kappa shape index (κ1) is 14.3. The van der Waals surface area contributed by atoms with Gasteiger partial charge in [-0.15, -0.1) is 0 Å². The molecule has 0 spiro atoms. The number of hydrogen-bond acceptors (Lipinski definition) is 3. The highest BCUT2D eigenvalue weighted by atomic mass is 16.5. The SMILES string of the molecule is O=C(NC1CCCCCCC1C(=O)O)C1CCOC1. The van der Waals surface area contributed by atoms with Crippen molar-refractivity contribution in [3.05, 3.63) is 0 Å². The molecule has 1 amide bonds. The maximum absolute atomic E-state index is 12.1. The quantitative estimate of drug-likeness (QED) is 0.815. The maximum atomic E-state index is 12.1. The molecule has 1 aliphatic carbocycles. The number of nitrogens with one attached hydrogen (secondary N) is 1. The molecule has 1 saturated carbocycles. The summed E-state index contributed by atoms with van der Waals surface area (Å²) in [5.74, 6) is -1.35. The minimum Gasteiger partial charge on any atom is -0.481 e. The molecule has 0 radical (unpaired) electrons. The van der Waals surface area contributed by atoms with Crippen molar-refractivity contribution >= 4 is 11.9 Å². The molecular weight excluding hydrogens is 246 g/mol. The van der Waals surface area contributed by atoms with Gasteiger partial charge in [0.25, 0.3) is 0 Å². The Morgan fingerprint density at radius 2 is 1.79 bits per heavy atom. The first-order valence-corrected chi connectivity index (χ1v) is 7.29. The van der Waals surface area contributed by atoms with Crippen LogP contribution < -0.4 is 5.32 Å². The van der Waals surface area contributed by atoms with Crippen molar-refractivity contribution < 1.29 is 19.4 Å². The topological polar surface area (TPSA) is 75.6 Å². The summed E-state index contributed by atoms with van der Waals surface area (Å²) in [5.41, 5.74) is 0. The van der Waals surface area contributed by atoms with Crippen LogP contribution in [0.25, 0.3) is 0 Å². The van der Waals surface area contributed by atoms with Gasteiger partial charge in [-0.3, -0.25) is 9.59 Å². The summed E-state index contributed by atoms with van der Waals surface area (Å²) in [6.07, 6.45) is 6.35. The lowest BCUT2D eigenvalue weighted by atomic mass is 9.86. The van der Waals surface area contributed by atoms with E-state index >= 15 is 0 Å². The molecule has 3 atom stereocenters. The van der Waals surface area contributed by atoms with Crippen LogP contribution in [0.3, 0.4) is 0 Å². The molecule has 0 aromatic carbocycles. The molecule has 1 saturated heterocycles. The molecule has 2 aliphatic rings. The third-order valence-corrected chi connectivity index (χ3v) is 4.21. The molecule has 1 aliphatic heterocycles. The Bertz CT molecular complexity index is 325. The van der Waals surface area contributed by atoms with E-state index in [2.05, 4.69) is 5.32 Å². The Hall–Kier alpha value is -1.10. The number of aliphatic carboxylic acids is 1. The summed E-state index contributed by atoms with van der Waals surface area (Å²) in [5, 5.41) is 12.3. The lowest BCUT2D eigenvalue weighted by molar-refractivity contribution is -0.143. The van der Waals surface area contributed by atoms with Crippen molar-refractivity contribution in [1.29, 1.82) is 0 Å². The van der Waals surface area contributed by atoms with Crippen LogP contribution in [0.1, 0.15) is 44.9 Å². The zero-order valence-corrected chi connectivity index (χ0v) is 11.3. The van der Waals surface area contributed by atoms with Gasteiger partial charge in [0.15, 0.2) is 0 Å². The fourth-order valence-electron chi connectivity index (χ4n) is 2.99. The lowest BCUT2D eigenvalue weighted by Crippen LogP contribution is -2.46. The maximum Gasteiger partial charge on any atom is 0.308 e. The highest BCUT2D eigenvalue weighted by Gasteiger charge is 2.32. The number of carbonyl (C=O) groups excluding carboxylic acids is 1. The van der Waals surface area contributed by atoms with E-state index < -0.39 is 11.9 Å². The van der Waals surface area contributed by atoms with Gasteiger partial charge in [-0.2, -0.15) is 0 Å². The number of rotatable bonds is 3. The summed E-state index contributed by atoms with van der Waals surface area (Å²) in [6.45, 7) is 1.10. The monoisotopic (exact) mass is 269 g/mol. The van der Waals surface area contributed by atoms with Crippen molar-refractivity contribution in [3.8, 4) is 0 Å². The van der Waals surface area contributed by atoms with E-state index in [1.807, 2.05) is 0 Å². The van der Waals surface area contributed by atoms with Crippen LogP contribution in [0.15, 0.2) is 0 Å². The Labute approximate surface area is 113 Å². The molecule has 5 nitrogen and oxygen atoms in total. The van der Waals surface area contributed by atoms with Gasteiger partial charge in [0.2, 0.25) is 5.91 Å². The van der Waals surface area contributed by atoms with Crippen molar-refractivity contribution in [3.63, 3.8) is 0 Å². The fraction of sp³-hybridized carbons (Fsp3) is 0.857. The molecule has 0 aromatic rings. The van der Waals surface area contributed by atoms with Crippen molar-refractivity contribution in [2.75, 3.05) is 13.2 Å². The molecule has 5 heteroatoms. The fourth-order valence-corrected chi connectivity index (χ4v) is 2.99. The number of amides is 1. The molecule has 3 unspecified atom stereocenters. The van der Waals surface area contributed by atoms with Crippen LogP contribution in [0.2, 0.25) is 0 Å². The van der Waals surface area contributed by atoms with E-state index in [4.69, 9.17) is 4.74 Å². The first-order valence-electron chi connectivity index (χ1n) is 7.29. The molecule has 2 rings (SSSR count). The predicted octanol–water partition coefficient (Wildman–Crippen LogP) is 1.56. The summed E-state index contributed by atoms with van der Waals surface area (Å²) < 4.78 is 5.21. The van der Waals surface area contributed by atoms with Gasteiger partial charge in [-0.25, -0.2) is 0 Å². The smallest absolute Gasteiger partial charge is 0.308 e. The van der Waals surface area contributed by atoms with E-state index in [0.717, 1.165) is 38.5 Å². The molecule has 0 bridgehead atoms. The summed E-state index contributed by atoms with van der Waals surface area (Å²) >= 11 is 0. The predicted molar refractivity (Wildman–Crippen MR) is 69.7 cm³/mol. The molecule has 2 fully saturated rings. The number of carboxylic acids is 1. The van der Waals surface area contributed by atoms with E-state index in [0.29, 0.717) is 19.6 Å². The highest BCUT2D eigenvalue weighted by molar-refractivity contribution is 5.80. The second kappa shape index (κ2) is 6.89. The first-order chi connectivity index (χ1) is 9.18. The molecule has 108 valence electrons. The van der Waals surface area contributed by atoms with Gasteiger partial charge in [-0.1, -0.05) is 25.7 Å². The second-order valence-electron chi connectivity index (χ2n) is 5.61. The van der Waals surface area contributed by atoms with E-state index in [1.54, 1.807) is 0 Å². The van der Waals surface area contributed by atoms with Crippen LogP contribution in [-0.4, -0.2) is 36.2 Å². The van der Waals surface area contributed by atoms with Gasteiger partial charge in [0.05, 0.1) is 18.4 Å². The van der Waals surface area contributed by atoms with Gasteiger partial charge < -0.3 is 15.2 Å². The minimum atomic E-state index is -0.783. The Balaban J connectivity index is 1.95. The molecule has 19 heavy (non-hydrogen) atoms. The van der Waals surface area contributed by atoms with E-state index in [1.165, 1.54) is 0 Å². The third kappa shape index (κ3) is 3.93. The van der Waals surface area contributed by atoms with Crippen LogP contribution in [-0.2, 0) is 14.3 Å². The van der Waals surface area contributed by atoms with Gasteiger partial charge in [0.1, 0.15) is 0 Å². The zero-order chi connectivity index (χ0) is 13.7. The Morgan fingerprint density at radius 1 is 1.05 bits per heavy atom. The average molecular weight is 269 g/mol. The number of hydrogen-bond donors (Lipinski definition) is 2. The van der Waals surface area contributed by atoms with Crippen LogP contribution in [0, 0.1) is 11.8 Å². The van der Waals surface area contributed by atoms with Crippen LogP contribution in [0.4, 0.5) is 0 Å².